The van der Waals surface area contributed by atoms with Crippen LogP contribution in [0.1, 0.15) is 17.0 Å². The van der Waals surface area contributed by atoms with Crippen molar-refractivity contribution in [1.82, 2.24) is 5.16 Å². The Kier molecular flexibility index (Phi) is 3.00. The van der Waals surface area contributed by atoms with Crippen molar-refractivity contribution in [2.24, 2.45) is 0 Å². The Morgan fingerprint density at radius 1 is 1.29 bits per heavy atom. The van der Waals surface area contributed by atoms with Crippen LogP contribution in [0.4, 0.5) is 5.69 Å². The molecule has 0 saturated carbocycles. The molecule has 0 fully saturated rings. The summed E-state index contributed by atoms with van der Waals surface area (Å²) in [6.45, 7) is 1.54. The Morgan fingerprint density at radius 3 is 2.65 bits per heavy atom. The van der Waals surface area contributed by atoms with E-state index in [1.807, 2.05) is 30.3 Å². The lowest BCUT2D eigenvalue weighted by atomic mass is 10.2. The van der Waals surface area contributed by atoms with Crippen molar-refractivity contribution in [3.05, 3.63) is 57.5 Å². The zero-order valence-corrected chi connectivity index (χ0v) is 9.16. The minimum Gasteiger partial charge on any atom is -0.349 e. The molecule has 0 aliphatic heterocycles. The van der Waals surface area contributed by atoms with E-state index < -0.39 is 4.92 Å². The molecule has 17 heavy (non-hydrogen) atoms. The minimum absolute atomic E-state index is 0.0859. The summed E-state index contributed by atoms with van der Waals surface area (Å²) in [6, 6.07) is 9.47. The minimum atomic E-state index is -0.490. The lowest BCUT2D eigenvalue weighted by Gasteiger charge is -1.90. The predicted octanol–water partition coefficient (Wildman–Crippen LogP) is 3.06. The molecule has 0 saturated heterocycles. The maximum absolute atomic E-state index is 10.8. The zero-order valence-electron chi connectivity index (χ0n) is 9.16. The van der Waals surface area contributed by atoms with Gasteiger partial charge in [0.25, 0.3) is 0 Å². The van der Waals surface area contributed by atoms with Crippen molar-refractivity contribution >= 4 is 17.8 Å². The van der Waals surface area contributed by atoms with Crippen molar-refractivity contribution in [3.63, 3.8) is 0 Å². The molecule has 0 aliphatic rings. The summed E-state index contributed by atoms with van der Waals surface area (Å²) < 4.78 is 4.90. The Balaban J connectivity index is 2.31. The first-order chi connectivity index (χ1) is 8.18. The summed E-state index contributed by atoms with van der Waals surface area (Å²) in [7, 11) is 0. The summed E-state index contributed by atoms with van der Waals surface area (Å²) in [5.41, 5.74) is 1.13. The van der Waals surface area contributed by atoms with Crippen LogP contribution in [0.15, 0.2) is 34.9 Å². The number of hydrogen-bond acceptors (Lipinski definition) is 4. The van der Waals surface area contributed by atoms with Gasteiger partial charge >= 0.3 is 5.69 Å². The fourth-order valence-corrected chi connectivity index (χ4v) is 1.45. The van der Waals surface area contributed by atoms with Crippen molar-refractivity contribution < 1.29 is 9.45 Å². The number of nitrogens with zero attached hydrogens (tertiary/aromatic N) is 2. The van der Waals surface area contributed by atoms with Gasteiger partial charge in [-0.2, -0.15) is 0 Å². The standard InChI is InChI=1S/C12H10N2O3/c1-9-12(14(15)16)11(17-13-9)8-7-10-5-3-2-4-6-10/h2-8H,1H3/b8-7+. The van der Waals surface area contributed by atoms with Gasteiger partial charge in [0.1, 0.15) is 0 Å². The first kappa shape index (κ1) is 11.1. The van der Waals surface area contributed by atoms with Crippen LogP contribution >= 0.6 is 0 Å². The highest BCUT2D eigenvalue weighted by atomic mass is 16.6. The molecule has 5 nitrogen and oxygen atoms in total. The maximum atomic E-state index is 10.8. The molecular weight excluding hydrogens is 220 g/mol. The van der Waals surface area contributed by atoms with Crippen LogP contribution in [0.25, 0.3) is 12.2 Å². The Bertz CT molecular complexity index is 558. The van der Waals surface area contributed by atoms with Crippen molar-refractivity contribution in [2.75, 3.05) is 0 Å². The Labute approximate surface area is 97.5 Å². The van der Waals surface area contributed by atoms with Gasteiger partial charge in [-0.3, -0.25) is 10.1 Å². The van der Waals surface area contributed by atoms with Gasteiger partial charge in [-0.25, -0.2) is 0 Å². The highest BCUT2D eigenvalue weighted by Crippen LogP contribution is 2.24. The molecule has 5 heteroatoms. The molecule has 0 radical (unpaired) electrons. The number of hydrogen-bond donors (Lipinski definition) is 0. The van der Waals surface area contributed by atoms with E-state index in [0.717, 1.165) is 5.56 Å². The fraction of sp³-hybridized carbons (Fsp3) is 0.0833. The van der Waals surface area contributed by atoms with E-state index >= 15 is 0 Å². The van der Waals surface area contributed by atoms with Crippen LogP contribution in [0.3, 0.4) is 0 Å². The van der Waals surface area contributed by atoms with Gasteiger partial charge < -0.3 is 4.52 Å². The third kappa shape index (κ3) is 2.39. The molecule has 0 bridgehead atoms. The smallest absolute Gasteiger partial charge is 0.338 e. The first-order valence-corrected chi connectivity index (χ1v) is 5.02. The van der Waals surface area contributed by atoms with Gasteiger partial charge in [0, 0.05) is 0 Å². The molecule has 1 aromatic heterocycles. The van der Waals surface area contributed by atoms with Gasteiger partial charge in [-0.15, -0.1) is 0 Å². The molecule has 0 aliphatic carbocycles. The topological polar surface area (TPSA) is 69.2 Å². The van der Waals surface area contributed by atoms with Crippen molar-refractivity contribution in [1.29, 1.82) is 0 Å². The quantitative estimate of drug-likeness (QED) is 0.600. The van der Waals surface area contributed by atoms with Crippen LogP contribution in [-0.2, 0) is 0 Å². The highest BCUT2D eigenvalue weighted by Gasteiger charge is 2.21. The second-order valence-electron chi connectivity index (χ2n) is 3.48. The lowest BCUT2D eigenvalue weighted by Crippen LogP contribution is -1.90. The summed E-state index contributed by atoms with van der Waals surface area (Å²) in [4.78, 5) is 10.3. The first-order valence-electron chi connectivity index (χ1n) is 5.02. The van der Waals surface area contributed by atoms with Crippen LogP contribution < -0.4 is 0 Å². The SMILES string of the molecule is Cc1noc(/C=C/c2ccccc2)c1[N+](=O)[O-]. The molecule has 0 spiro atoms. The average Bonchev–Trinajstić information content (AvgIpc) is 2.69. The molecule has 86 valence electrons. The second kappa shape index (κ2) is 4.61. The normalized spacial score (nSPS) is 10.9. The van der Waals surface area contributed by atoms with E-state index in [1.165, 1.54) is 0 Å². The van der Waals surface area contributed by atoms with E-state index in [4.69, 9.17) is 4.52 Å². The van der Waals surface area contributed by atoms with E-state index in [0.29, 0.717) is 0 Å². The maximum Gasteiger partial charge on any atom is 0.338 e. The average molecular weight is 230 g/mol. The summed E-state index contributed by atoms with van der Waals surface area (Å²) >= 11 is 0. The number of benzene rings is 1. The van der Waals surface area contributed by atoms with E-state index in [-0.39, 0.29) is 17.1 Å². The highest BCUT2D eigenvalue weighted by molar-refractivity contribution is 5.71. The molecular formula is C12H10N2O3. The number of aryl methyl sites for hydroxylation is 1. The van der Waals surface area contributed by atoms with Crippen LogP contribution in [0, 0.1) is 17.0 Å². The Hall–Kier alpha value is -2.43. The molecule has 1 aromatic carbocycles. The van der Waals surface area contributed by atoms with E-state index in [2.05, 4.69) is 5.16 Å². The molecule has 2 rings (SSSR count). The number of rotatable bonds is 3. The molecule has 0 unspecified atom stereocenters. The van der Waals surface area contributed by atoms with Crippen molar-refractivity contribution in [3.8, 4) is 0 Å². The van der Waals surface area contributed by atoms with Gasteiger partial charge in [-0.1, -0.05) is 41.6 Å². The monoisotopic (exact) mass is 230 g/mol. The Morgan fingerprint density at radius 2 is 2.00 bits per heavy atom. The molecule has 2 aromatic rings. The van der Waals surface area contributed by atoms with Gasteiger partial charge in [0.05, 0.1) is 4.92 Å². The summed E-state index contributed by atoms with van der Waals surface area (Å²) in [6.07, 6.45) is 3.29. The number of aromatic nitrogens is 1. The molecule has 0 N–H and O–H groups in total. The van der Waals surface area contributed by atoms with Gasteiger partial charge in [0.15, 0.2) is 5.69 Å². The third-order valence-corrected chi connectivity index (χ3v) is 2.27. The van der Waals surface area contributed by atoms with Crippen molar-refractivity contribution in [2.45, 2.75) is 6.92 Å². The van der Waals surface area contributed by atoms with Gasteiger partial charge in [-0.05, 0) is 18.6 Å². The van der Waals surface area contributed by atoms with Crippen LogP contribution in [0.5, 0.6) is 0 Å². The molecule has 0 atom stereocenters. The van der Waals surface area contributed by atoms with E-state index in [1.54, 1.807) is 19.1 Å². The zero-order chi connectivity index (χ0) is 12.3. The largest absolute Gasteiger partial charge is 0.349 e. The summed E-state index contributed by atoms with van der Waals surface area (Å²) in [5.74, 6) is 0.163. The third-order valence-electron chi connectivity index (χ3n) is 2.27. The van der Waals surface area contributed by atoms with Crippen LogP contribution in [0.2, 0.25) is 0 Å². The second-order valence-corrected chi connectivity index (χ2v) is 3.48. The lowest BCUT2D eigenvalue weighted by molar-refractivity contribution is -0.386. The van der Waals surface area contributed by atoms with Crippen LogP contribution in [-0.4, -0.2) is 10.1 Å². The van der Waals surface area contributed by atoms with Gasteiger partial charge in [0.2, 0.25) is 5.76 Å². The molecule has 0 amide bonds. The fourth-order valence-electron chi connectivity index (χ4n) is 1.45. The molecule has 1 heterocycles. The predicted molar refractivity (Wildman–Crippen MR) is 63.3 cm³/mol. The number of nitro groups is 1. The van der Waals surface area contributed by atoms with E-state index in [9.17, 15) is 10.1 Å². The summed E-state index contributed by atoms with van der Waals surface area (Å²) in [5, 5.41) is 14.4.